The number of aliphatic hydroxyl groups excluding tert-OH is 1. The lowest BCUT2D eigenvalue weighted by molar-refractivity contribution is 0.283. The number of rotatable bonds is 8. The smallest absolute Gasteiger partial charge is 0.148 e. The molecule has 0 aliphatic heterocycles. The molecule has 0 radical (unpaired) electrons. The van der Waals surface area contributed by atoms with Gasteiger partial charge < -0.3 is 15.8 Å². The first-order valence-electron chi connectivity index (χ1n) is 6.96. The summed E-state index contributed by atoms with van der Waals surface area (Å²) in [7, 11) is 0. The van der Waals surface area contributed by atoms with Crippen molar-refractivity contribution in [1.29, 1.82) is 0 Å². The van der Waals surface area contributed by atoms with Gasteiger partial charge in [-0.1, -0.05) is 0 Å². The van der Waals surface area contributed by atoms with Gasteiger partial charge in [0.2, 0.25) is 0 Å². The first-order chi connectivity index (χ1) is 9.26. The number of aromatic nitrogens is 2. The zero-order valence-corrected chi connectivity index (χ0v) is 11.4. The highest BCUT2D eigenvalue weighted by Gasteiger charge is 2.28. The Balaban J connectivity index is 1.99. The van der Waals surface area contributed by atoms with Crippen LogP contribution in [0.5, 0.6) is 0 Å². The van der Waals surface area contributed by atoms with Crippen LogP contribution in [0.2, 0.25) is 0 Å². The van der Waals surface area contributed by atoms with Crippen LogP contribution in [0.25, 0.3) is 0 Å². The van der Waals surface area contributed by atoms with Gasteiger partial charge in [-0.15, -0.1) is 0 Å². The van der Waals surface area contributed by atoms with E-state index >= 15 is 0 Å². The van der Waals surface area contributed by atoms with Crippen LogP contribution in [0.3, 0.4) is 0 Å². The molecule has 1 heterocycles. The first-order valence-corrected chi connectivity index (χ1v) is 6.96. The number of hydrogen-bond donors (Lipinski definition) is 4. The van der Waals surface area contributed by atoms with Crippen molar-refractivity contribution in [2.24, 2.45) is 5.84 Å². The van der Waals surface area contributed by atoms with E-state index in [1.54, 1.807) is 0 Å². The van der Waals surface area contributed by atoms with E-state index in [1.165, 1.54) is 12.8 Å². The molecule has 1 aromatic rings. The Kier molecular flexibility index (Phi) is 4.93. The van der Waals surface area contributed by atoms with Crippen molar-refractivity contribution in [3.8, 4) is 0 Å². The Morgan fingerprint density at radius 2 is 1.95 bits per heavy atom. The lowest BCUT2D eigenvalue weighted by atomic mass is 10.2. The minimum absolute atomic E-state index is 0.263. The lowest BCUT2D eigenvalue weighted by Gasteiger charge is -2.13. The maximum Gasteiger partial charge on any atom is 0.148 e. The summed E-state index contributed by atoms with van der Waals surface area (Å²) in [6, 6.07) is 0. The second-order valence-electron chi connectivity index (χ2n) is 5.03. The van der Waals surface area contributed by atoms with Gasteiger partial charge in [-0.05, 0) is 39.0 Å². The van der Waals surface area contributed by atoms with E-state index in [9.17, 15) is 0 Å². The van der Waals surface area contributed by atoms with Gasteiger partial charge in [-0.2, -0.15) is 0 Å². The lowest BCUT2D eigenvalue weighted by Crippen LogP contribution is -2.15. The number of aliphatic hydroxyl groups is 1. The third kappa shape index (κ3) is 3.78. The van der Waals surface area contributed by atoms with Crippen molar-refractivity contribution < 1.29 is 5.11 Å². The highest BCUT2D eigenvalue weighted by Crippen LogP contribution is 2.39. The zero-order valence-electron chi connectivity index (χ0n) is 11.4. The largest absolute Gasteiger partial charge is 0.396 e. The van der Waals surface area contributed by atoms with Crippen LogP contribution in [-0.4, -0.2) is 28.2 Å². The molecule has 0 amide bonds. The van der Waals surface area contributed by atoms with Crippen molar-refractivity contribution in [2.45, 2.75) is 44.9 Å². The van der Waals surface area contributed by atoms with E-state index in [0.29, 0.717) is 11.7 Å². The van der Waals surface area contributed by atoms with E-state index in [-0.39, 0.29) is 6.61 Å². The second kappa shape index (κ2) is 6.68. The van der Waals surface area contributed by atoms with Crippen LogP contribution < -0.4 is 16.6 Å². The number of anilines is 2. The Labute approximate surface area is 113 Å². The maximum atomic E-state index is 8.74. The topological polar surface area (TPSA) is 96.1 Å². The molecule has 19 heavy (non-hydrogen) atoms. The Bertz CT molecular complexity index is 420. The van der Waals surface area contributed by atoms with Crippen LogP contribution in [0.15, 0.2) is 0 Å². The summed E-state index contributed by atoms with van der Waals surface area (Å²) < 4.78 is 0. The van der Waals surface area contributed by atoms with Gasteiger partial charge in [0.25, 0.3) is 0 Å². The van der Waals surface area contributed by atoms with Crippen molar-refractivity contribution in [3.63, 3.8) is 0 Å². The number of nitrogen functional groups attached to an aromatic ring is 1. The van der Waals surface area contributed by atoms with Crippen LogP contribution in [0, 0.1) is 6.92 Å². The zero-order chi connectivity index (χ0) is 13.7. The average molecular weight is 265 g/mol. The molecule has 0 atom stereocenters. The molecule has 0 saturated heterocycles. The summed E-state index contributed by atoms with van der Waals surface area (Å²) in [5.74, 6) is 8.47. The molecular weight excluding hydrogens is 242 g/mol. The van der Waals surface area contributed by atoms with E-state index in [0.717, 1.165) is 43.0 Å². The first kappa shape index (κ1) is 14.0. The number of unbranched alkanes of at least 4 members (excludes halogenated alkanes) is 2. The van der Waals surface area contributed by atoms with Gasteiger partial charge in [0.15, 0.2) is 0 Å². The van der Waals surface area contributed by atoms with Gasteiger partial charge in [0.1, 0.15) is 17.5 Å². The Hall–Kier alpha value is -1.40. The fraction of sp³-hybridized carbons (Fsp3) is 0.692. The molecule has 1 aliphatic carbocycles. The quantitative estimate of drug-likeness (QED) is 0.323. The monoisotopic (exact) mass is 265 g/mol. The normalized spacial score (nSPS) is 14.5. The highest BCUT2D eigenvalue weighted by molar-refractivity contribution is 5.57. The summed E-state index contributed by atoms with van der Waals surface area (Å²) >= 11 is 0. The molecule has 1 aliphatic rings. The minimum Gasteiger partial charge on any atom is -0.396 e. The van der Waals surface area contributed by atoms with Crippen molar-refractivity contribution in [1.82, 2.24) is 9.97 Å². The van der Waals surface area contributed by atoms with E-state index < -0.39 is 0 Å². The van der Waals surface area contributed by atoms with Gasteiger partial charge in [-0.25, -0.2) is 15.8 Å². The molecule has 0 spiro atoms. The van der Waals surface area contributed by atoms with Gasteiger partial charge in [0.05, 0.1) is 0 Å². The predicted molar refractivity (Wildman–Crippen MR) is 76.0 cm³/mol. The molecule has 1 saturated carbocycles. The Morgan fingerprint density at radius 3 is 2.58 bits per heavy atom. The number of nitrogens with two attached hydrogens (primary N) is 1. The molecule has 0 aromatic carbocycles. The van der Waals surface area contributed by atoms with E-state index in [1.807, 2.05) is 6.92 Å². The highest BCUT2D eigenvalue weighted by atomic mass is 16.2. The molecule has 106 valence electrons. The third-order valence-corrected chi connectivity index (χ3v) is 3.37. The molecule has 0 bridgehead atoms. The molecule has 6 nitrogen and oxygen atoms in total. The van der Waals surface area contributed by atoms with Gasteiger partial charge >= 0.3 is 0 Å². The van der Waals surface area contributed by atoms with E-state index in [4.69, 9.17) is 10.9 Å². The van der Waals surface area contributed by atoms with Gasteiger partial charge in [-0.3, -0.25) is 0 Å². The standard InChI is InChI=1S/C13H23N5O/c1-9-11(15-7-3-2-4-8-19)16-13(10-5-6-10)17-12(9)18-14/h10,19H,2-8,14H2,1H3,(H2,15,16,17,18). The molecule has 1 fully saturated rings. The summed E-state index contributed by atoms with van der Waals surface area (Å²) in [5, 5.41) is 12.1. The third-order valence-electron chi connectivity index (χ3n) is 3.37. The molecule has 1 aromatic heterocycles. The summed E-state index contributed by atoms with van der Waals surface area (Å²) in [6.07, 6.45) is 5.23. The van der Waals surface area contributed by atoms with E-state index in [2.05, 4.69) is 20.7 Å². The maximum absolute atomic E-state index is 8.74. The molecule has 5 N–H and O–H groups in total. The van der Waals surface area contributed by atoms with Crippen LogP contribution in [0.4, 0.5) is 11.6 Å². The van der Waals surface area contributed by atoms with Crippen molar-refractivity contribution in [3.05, 3.63) is 11.4 Å². The fourth-order valence-electron chi connectivity index (χ4n) is 1.99. The number of nitrogens with zero attached hydrogens (tertiary/aromatic N) is 2. The SMILES string of the molecule is Cc1c(NN)nc(C2CC2)nc1NCCCCCO. The average Bonchev–Trinajstić information content (AvgIpc) is 3.24. The molecular formula is C13H23N5O. The number of nitrogens with one attached hydrogen (secondary N) is 2. The van der Waals surface area contributed by atoms with Gasteiger partial charge in [0, 0.05) is 24.6 Å². The van der Waals surface area contributed by atoms with Crippen molar-refractivity contribution >= 4 is 11.6 Å². The van der Waals surface area contributed by atoms with Crippen LogP contribution >= 0.6 is 0 Å². The molecule has 2 rings (SSSR count). The summed E-state index contributed by atoms with van der Waals surface area (Å²) in [4.78, 5) is 9.04. The van der Waals surface area contributed by atoms with Crippen LogP contribution in [-0.2, 0) is 0 Å². The molecule has 0 unspecified atom stereocenters. The fourth-order valence-corrected chi connectivity index (χ4v) is 1.99. The summed E-state index contributed by atoms with van der Waals surface area (Å²) in [6.45, 7) is 3.08. The Morgan fingerprint density at radius 1 is 1.21 bits per heavy atom. The van der Waals surface area contributed by atoms with Crippen LogP contribution in [0.1, 0.15) is 49.4 Å². The number of hydrazine groups is 1. The number of hydrogen-bond acceptors (Lipinski definition) is 6. The molecule has 6 heteroatoms. The summed E-state index contributed by atoms with van der Waals surface area (Å²) in [5.41, 5.74) is 3.60. The predicted octanol–water partition coefficient (Wildman–Crippen LogP) is 1.52. The minimum atomic E-state index is 0.263. The second-order valence-corrected chi connectivity index (χ2v) is 5.03. The van der Waals surface area contributed by atoms with Crippen molar-refractivity contribution in [2.75, 3.05) is 23.9 Å².